The summed E-state index contributed by atoms with van der Waals surface area (Å²) in [4.78, 5) is 17.0. The fourth-order valence-corrected chi connectivity index (χ4v) is 4.50. The molecule has 164 valence electrons. The van der Waals surface area contributed by atoms with Gasteiger partial charge in [0.05, 0.1) is 18.5 Å². The molecule has 0 aliphatic rings. The molecule has 1 unspecified atom stereocenters. The first-order valence-corrected chi connectivity index (χ1v) is 11.6. The smallest absolute Gasteiger partial charge is 0.246 e. The van der Waals surface area contributed by atoms with Gasteiger partial charge in [-0.3, -0.25) is 9.10 Å². The molecule has 8 nitrogen and oxygen atoms in total. The van der Waals surface area contributed by atoms with Gasteiger partial charge in [-0.25, -0.2) is 8.42 Å². The van der Waals surface area contributed by atoms with Crippen molar-refractivity contribution in [1.82, 2.24) is 15.5 Å². The standard InChI is InChI=1S/C22H26N4O4S/c1-14-6-8-18(9-7-14)21-24-20(30-25-21)13-23-22(27)17(4)26(31(5,28)29)19-11-15(2)10-16(3)12-19/h6-12,17H,13H2,1-5H3,(H,23,27). The normalized spacial score (nSPS) is 12.4. The maximum absolute atomic E-state index is 12.8. The van der Waals surface area contributed by atoms with Crippen LogP contribution in [0.3, 0.4) is 0 Å². The summed E-state index contributed by atoms with van der Waals surface area (Å²) in [6, 6.07) is 12.1. The fraction of sp³-hybridized carbons (Fsp3) is 0.318. The van der Waals surface area contributed by atoms with E-state index in [1.54, 1.807) is 19.1 Å². The summed E-state index contributed by atoms with van der Waals surface area (Å²) in [5.74, 6) is 0.179. The van der Waals surface area contributed by atoms with Gasteiger partial charge in [-0.15, -0.1) is 0 Å². The third kappa shape index (κ3) is 5.49. The number of nitrogens with one attached hydrogen (secondary N) is 1. The monoisotopic (exact) mass is 442 g/mol. The van der Waals surface area contributed by atoms with Gasteiger partial charge in [0.2, 0.25) is 27.6 Å². The Morgan fingerprint density at radius 3 is 2.26 bits per heavy atom. The van der Waals surface area contributed by atoms with Crippen LogP contribution in [0.15, 0.2) is 47.0 Å². The van der Waals surface area contributed by atoms with E-state index in [2.05, 4.69) is 15.5 Å². The third-order valence-electron chi connectivity index (χ3n) is 4.74. The molecule has 3 aromatic rings. The lowest BCUT2D eigenvalue weighted by molar-refractivity contribution is -0.122. The van der Waals surface area contributed by atoms with E-state index in [1.807, 2.05) is 51.1 Å². The number of rotatable bonds is 7. The van der Waals surface area contributed by atoms with Crippen molar-refractivity contribution < 1.29 is 17.7 Å². The zero-order valence-electron chi connectivity index (χ0n) is 18.2. The Morgan fingerprint density at radius 2 is 1.68 bits per heavy atom. The predicted octanol–water partition coefficient (Wildman–Crippen LogP) is 3.13. The lowest BCUT2D eigenvalue weighted by atomic mass is 10.1. The molecular formula is C22H26N4O4S. The second-order valence-electron chi connectivity index (χ2n) is 7.68. The van der Waals surface area contributed by atoms with Gasteiger partial charge < -0.3 is 9.84 Å². The molecule has 31 heavy (non-hydrogen) atoms. The van der Waals surface area contributed by atoms with Gasteiger partial charge in [0, 0.05) is 5.56 Å². The number of anilines is 1. The molecule has 0 radical (unpaired) electrons. The molecule has 0 aliphatic heterocycles. The zero-order chi connectivity index (χ0) is 22.8. The van der Waals surface area contributed by atoms with Gasteiger partial charge in [0.1, 0.15) is 6.04 Å². The average molecular weight is 443 g/mol. The summed E-state index contributed by atoms with van der Waals surface area (Å²) in [5, 5.41) is 6.62. The molecule has 0 saturated heterocycles. The Labute approximate surface area is 182 Å². The van der Waals surface area contributed by atoms with Crippen LogP contribution < -0.4 is 9.62 Å². The number of amides is 1. The summed E-state index contributed by atoms with van der Waals surface area (Å²) in [6.07, 6.45) is 1.08. The van der Waals surface area contributed by atoms with Gasteiger partial charge in [-0.1, -0.05) is 41.1 Å². The van der Waals surface area contributed by atoms with E-state index in [4.69, 9.17) is 4.52 Å². The van der Waals surface area contributed by atoms with Crippen molar-refractivity contribution in [3.05, 3.63) is 65.0 Å². The zero-order valence-corrected chi connectivity index (χ0v) is 19.0. The van der Waals surface area contributed by atoms with Crippen LogP contribution in [0, 0.1) is 20.8 Å². The summed E-state index contributed by atoms with van der Waals surface area (Å²) >= 11 is 0. The molecule has 0 spiro atoms. The first kappa shape index (κ1) is 22.5. The topological polar surface area (TPSA) is 105 Å². The van der Waals surface area contributed by atoms with E-state index >= 15 is 0 Å². The molecule has 1 N–H and O–H groups in total. The van der Waals surface area contributed by atoms with Crippen molar-refractivity contribution in [2.24, 2.45) is 0 Å². The van der Waals surface area contributed by atoms with Crippen molar-refractivity contribution in [1.29, 1.82) is 0 Å². The van der Waals surface area contributed by atoms with E-state index in [0.29, 0.717) is 11.5 Å². The molecule has 3 rings (SSSR count). The Hall–Kier alpha value is -3.20. The van der Waals surface area contributed by atoms with E-state index < -0.39 is 22.0 Å². The minimum atomic E-state index is -3.69. The molecule has 0 bridgehead atoms. The fourth-order valence-electron chi connectivity index (χ4n) is 3.34. The molecule has 9 heteroatoms. The number of hydrogen-bond acceptors (Lipinski definition) is 6. The van der Waals surface area contributed by atoms with Crippen molar-refractivity contribution in [2.75, 3.05) is 10.6 Å². The van der Waals surface area contributed by atoms with Crippen LogP contribution in [0.4, 0.5) is 5.69 Å². The largest absolute Gasteiger partial charge is 0.345 e. The predicted molar refractivity (Wildman–Crippen MR) is 119 cm³/mol. The highest BCUT2D eigenvalue weighted by Crippen LogP contribution is 2.24. The second kappa shape index (κ2) is 8.89. The van der Waals surface area contributed by atoms with Crippen molar-refractivity contribution in [3.8, 4) is 11.4 Å². The Kier molecular flexibility index (Phi) is 6.45. The van der Waals surface area contributed by atoms with Crippen molar-refractivity contribution in [3.63, 3.8) is 0 Å². The molecule has 2 aromatic carbocycles. The number of nitrogens with zero attached hydrogens (tertiary/aromatic N) is 3. The Balaban J connectivity index is 1.73. The molecule has 0 fully saturated rings. The third-order valence-corrected chi connectivity index (χ3v) is 5.98. The van der Waals surface area contributed by atoms with Crippen LogP contribution >= 0.6 is 0 Å². The van der Waals surface area contributed by atoms with Gasteiger partial charge >= 0.3 is 0 Å². The highest BCUT2D eigenvalue weighted by molar-refractivity contribution is 7.92. The molecular weight excluding hydrogens is 416 g/mol. The average Bonchev–Trinajstić information content (AvgIpc) is 3.14. The summed E-state index contributed by atoms with van der Waals surface area (Å²) in [5.41, 5.74) is 4.19. The molecule has 1 atom stereocenters. The number of aryl methyl sites for hydroxylation is 3. The van der Waals surface area contributed by atoms with Crippen molar-refractivity contribution in [2.45, 2.75) is 40.3 Å². The van der Waals surface area contributed by atoms with Crippen LogP contribution in [0.1, 0.15) is 29.5 Å². The molecule has 1 aromatic heterocycles. The lowest BCUT2D eigenvalue weighted by Crippen LogP contribution is -2.47. The number of hydrogen-bond donors (Lipinski definition) is 1. The number of carbonyl (C=O) groups is 1. The van der Waals surface area contributed by atoms with E-state index in [-0.39, 0.29) is 12.4 Å². The summed E-state index contributed by atoms with van der Waals surface area (Å²) in [7, 11) is -3.69. The molecule has 1 amide bonds. The lowest BCUT2D eigenvalue weighted by Gasteiger charge is -2.28. The van der Waals surface area contributed by atoms with Gasteiger partial charge in [-0.2, -0.15) is 4.98 Å². The van der Waals surface area contributed by atoms with Gasteiger partial charge in [0.15, 0.2) is 0 Å². The first-order valence-electron chi connectivity index (χ1n) is 9.79. The molecule has 0 aliphatic carbocycles. The van der Waals surface area contributed by atoms with Crippen LogP contribution in [0.5, 0.6) is 0 Å². The van der Waals surface area contributed by atoms with Crippen LogP contribution in [0.25, 0.3) is 11.4 Å². The Bertz CT molecular complexity index is 1170. The van der Waals surface area contributed by atoms with Gasteiger partial charge in [-0.05, 0) is 51.0 Å². The minimum absolute atomic E-state index is 0.00746. The summed E-state index contributed by atoms with van der Waals surface area (Å²) < 4.78 is 31.3. The number of aromatic nitrogens is 2. The highest BCUT2D eigenvalue weighted by Gasteiger charge is 2.29. The maximum atomic E-state index is 12.8. The SMILES string of the molecule is Cc1ccc(-c2noc(CNC(=O)C(C)N(c3cc(C)cc(C)c3)S(C)(=O)=O)n2)cc1. The first-order chi connectivity index (χ1) is 14.5. The number of benzene rings is 2. The number of carbonyl (C=O) groups excluding carboxylic acids is 1. The van der Waals surface area contributed by atoms with Crippen LogP contribution in [-0.4, -0.2) is 36.8 Å². The van der Waals surface area contributed by atoms with Gasteiger partial charge in [0.25, 0.3) is 0 Å². The minimum Gasteiger partial charge on any atom is -0.345 e. The number of sulfonamides is 1. The molecule has 0 saturated carbocycles. The summed E-state index contributed by atoms with van der Waals surface area (Å²) in [6.45, 7) is 7.28. The Morgan fingerprint density at radius 1 is 1.06 bits per heavy atom. The van der Waals surface area contributed by atoms with E-state index in [1.165, 1.54) is 0 Å². The van der Waals surface area contributed by atoms with Crippen LogP contribution in [0.2, 0.25) is 0 Å². The second-order valence-corrected chi connectivity index (χ2v) is 9.54. The maximum Gasteiger partial charge on any atom is 0.246 e. The van der Waals surface area contributed by atoms with E-state index in [0.717, 1.165) is 32.8 Å². The highest BCUT2D eigenvalue weighted by atomic mass is 32.2. The quantitative estimate of drug-likeness (QED) is 0.603. The van der Waals surface area contributed by atoms with E-state index in [9.17, 15) is 13.2 Å². The molecule has 1 heterocycles. The van der Waals surface area contributed by atoms with Crippen molar-refractivity contribution >= 4 is 21.6 Å². The van der Waals surface area contributed by atoms with Crippen LogP contribution in [-0.2, 0) is 21.4 Å².